The third-order valence-corrected chi connectivity index (χ3v) is 5.06. The molecule has 0 bridgehead atoms. The summed E-state index contributed by atoms with van der Waals surface area (Å²) in [7, 11) is 0. The summed E-state index contributed by atoms with van der Waals surface area (Å²) in [6.45, 7) is 2.25. The molecule has 0 aromatic carbocycles. The molecule has 0 spiro atoms. The van der Waals surface area contributed by atoms with Crippen LogP contribution in [0.25, 0.3) is 0 Å². The van der Waals surface area contributed by atoms with E-state index in [1.165, 1.54) is 57.8 Å². The first-order chi connectivity index (χ1) is 9.81. The van der Waals surface area contributed by atoms with Gasteiger partial charge in [0.25, 0.3) is 0 Å². The first-order valence-corrected chi connectivity index (χ1v) is 8.99. The predicted octanol–water partition coefficient (Wildman–Crippen LogP) is 5.04. The molecule has 1 aliphatic carbocycles. The van der Waals surface area contributed by atoms with E-state index in [1.54, 1.807) is 0 Å². The molecule has 0 aromatic heterocycles. The van der Waals surface area contributed by atoms with Gasteiger partial charge in [-0.1, -0.05) is 45.4 Å². The van der Waals surface area contributed by atoms with Crippen molar-refractivity contribution in [3.05, 3.63) is 0 Å². The number of carbonyl (C=O) groups is 1. The minimum absolute atomic E-state index is 0.218. The average molecular weight is 280 g/mol. The van der Waals surface area contributed by atoms with Crippen LogP contribution in [-0.2, 0) is 9.53 Å². The van der Waals surface area contributed by atoms with Crippen LogP contribution < -0.4 is 0 Å². The minimum atomic E-state index is 0.218. The molecule has 3 atom stereocenters. The van der Waals surface area contributed by atoms with E-state index in [0.717, 1.165) is 25.7 Å². The monoisotopic (exact) mass is 280 g/mol. The van der Waals surface area contributed by atoms with Crippen LogP contribution in [0.5, 0.6) is 0 Å². The number of ketones is 1. The van der Waals surface area contributed by atoms with Gasteiger partial charge < -0.3 is 4.74 Å². The standard InChI is InChI=1S/C18H32O2/c1-2-3-4-6-10-15-11-9-14-18(20-15)16-12-7-5-8-13-17(16)19/h15-16,18H,2-14H2,1H3/t15-,16?,18+/m0/s1. The van der Waals surface area contributed by atoms with Crippen molar-refractivity contribution in [2.45, 2.75) is 103 Å². The van der Waals surface area contributed by atoms with Gasteiger partial charge in [0.1, 0.15) is 5.78 Å². The second kappa shape index (κ2) is 8.81. The molecule has 2 heteroatoms. The Bertz CT molecular complexity index is 287. The Kier molecular flexibility index (Phi) is 7.06. The van der Waals surface area contributed by atoms with Gasteiger partial charge in [-0.15, -0.1) is 0 Å². The van der Waals surface area contributed by atoms with Crippen LogP contribution >= 0.6 is 0 Å². The highest BCUT2D eigenvalue weighted by Crippen LogP contribution is 2.32. The smallest absolute Gasteiger partial charge is 0.138 e. The van der Waals surface area contributed by atoms with Gasteiger partial charge in [0.2, 0.25) is 0 Å². The Morgan fingerprint density at radius 2 is 1.90 bits per heavy atom. The molecule has 2 fully saturated rings. The van der Waals surface area contributed by atoms with Crippen molar-refractivity contribution in [2.75, 3.05) is 0 Å². The zero-order chi connectivity index (χ0) is 14.2. The lowest BCUT2D eigenvalue weighted by atomic mass is 9.87. The van der Waals surface area contributed by atoms with Crippen LogP contribution in [0.15, 0.2) is 0 Å². The van der Waals surface area contributed by atoms with E-state index >= 15 is 0 Å². The van der Waals surface area contributed by atoms with Gasteiger partial charge in [0.05, 0.1) is 12.2 Å². The second-order valence-electron chi connectivity index (χ2n) is 6.75. The van der Waals surface area contributed by atoms with Crippen LogP contribution in [0.1, 0.15) is 90.4 Å². The summed E-state index contributed by atoms with van der Waals surface area (Å²) in [5.74, 6) is 0.704. The Hall–Kier alpha value is -0.370. The van der Waals surface area contributed by atoms with Gasteiger partial charge in [0.15, 0.2) is 0 Å². The Morgan fingerprint density at radius 1 is 1.00 bits per heavy atom. The molecule has 0 radical (unpaired) electrons. The number of Topliss-reactive ketones (excluding diaryl/α,β-unsaturated/α-hetero) is 1. The summed E-state index contributed by atoms with van der Waals surface area (Å²) in [6.07, 6.45) is 16.2. The summed E-state index contributed by atoms with van der Waals surface area (Å²) in [6, 6.07) is 0. The zero-order valence-corrected chi connectivity index (χ0v) is 13.2. The van der Waals surface area contributed by atoms with Crippen molar-refractivity contribution in [2.24, 2.45) is 5.92 Å². The number of hydrogen-bond acceptors (Lipinski definition) is 2. The quantitative estimate of drug-likeness (QED) is 0.503. The maximum atomic E-state index is 12.2. The summed E-state index contributed by atoms with van der Waals surface area (Å²) >= 11 is 0. The highest BCUT2D eigenvalue weighted by Gasteiger charge is 2.33. The maximum absolute atomic E-state index is 12.2. The summed E-state index contributed by atoms with van der Waals surface area (Å²) in [5.41, 5.74) is 0. The fraction of sp³-hybridized carbons (Fsp3) is 0.944. The fourth-order valence-electron chi connectivity index (χ4n) is 3.82. The molecule has 2 aliphatic rings. The van der Waals surface area contributed by atoms with Crippen molar-refractivity contribution < 1.29 is 9.53 Å². The Balaban J connectivity index is 1.78. The molecule has 0 N–H and O–H groups in total. The summed E-state index contributed by atoms with van der Waals surface area (Å²) in [5, 5.41) is 0. The van der Waals surface area contributed by atoms with Gasteiger partial charge >= 0.3 is 0 Å². The van der Waals surface area contributed by atoms with E-state index < -0.39 is 0 Å². The molecule has 1 saturated carbocycles. The molecule has 116 valence electrons. The normalized spacial score (nSPS) is 32.0. The summed E-state index contributed by atoms with van der Waals surface area (Å²) < 4.78 is 6.31. The SMILES string of the molecule is CCCCCC[C@H]1CCC[C@H](C2CCCCCC2=O)O1. The molecule has 2 nitrogen and oxygen atoms in total. The van der Waals surface area contributed by atoms with Gasteiger partial charge in [-0.05, 0) is 38.5 Å². The minimum Gasteiger partial charge on any atom is -0.374 e. The van der Waals surface area contributed by atoms with Crippen LogP contribution in [-0.4, -0.2) is 18.0 Å². The molecule has 2 rings (SSSR count). The first-order valence-electron chi connectivity index (χ1n) is 8.99. The number of carbonyl (C=O) groups excluding carboxylic acids is 1. The van der Waals surface area contributed by atoms with Crippen molar-refractivity contribution in [1.29, 1.82) is 0 Å². The maximum Gasteiger partial charge on any atom is 0.138 e. The van der Waals surface area contributed by atoms with E-state index in [2.05, 4.69) is 6.92 Å². The van der Waals surface area contributed by atoms with Crippen LogP contribution in [0.2, 0.25) is 0 Å². The lowest BCUT2D eigenvalue weighted by Gasteiger charge is -2.34. The van der Waals surface area contributed by atoms with E-state index in [1.807, 2.05) is 0 Å². The first kappa shape index (κ1) is 16.0. The zero-order valence-electron chi connectivity index (χ0n) is 13.2. The highest BCUT2D eigenvalue weighted by molar-refractivity contribution is 5.81. The predicted molar refractivity (Wildman–Crippen MR) is 82.9 cm³/mol. The van der Waals surface area contributed by atoms with Crippen LogP contribution in [0.4, 0.5) is 0 Å². The molecule has 0 aromatic rings. The van der Waals surface area contributed by atoms with E-state index in [4.69, 9.17) is 4.74 Å². The number of unbranched alkanes of at least 4 members (excludes halogenated alkanes) is 3. The average Bonchev–Trinajstić information content (AvgIpc) is 2.69. The van der Waals surface area contributed by atoms with Crippen LogP contribution in [0, 0.1) is 5.92 Å². The largest absolute Gasteiger partial charge is 0.374 e. The molecule has 0 amide bonds. The molecule has 1 aliphatic heterocycles. The fourth-order valence-corrected chi connectivity index (χ4v) is 3.82. The Morgan fingerprint density at radius 3 is 2.75 bits per heavy atom. The lowest BCUT2D eigenvalue weighted by molar-refractivity contribution is -0.135. The third kappa shape index (κ3) is 4.87. The van der Waals surface area contributed by atoms with Gasteiger partial charge in [0, 0.05) is 12.3 Å². The van der Waals surface area contributed by atoms with Gasteiger partial charge in [-0.3, -0.25) is 4.79 Å². The number of hydrogen-bond donors (Lipinski definition) is 0. The van der Waals surface area contributed by atoms with Crippen molar-refractivity contribution in [3.8, 4) is 0 Å². The molecule has 1 saturated heterocycles. The molecule has 1 unspecified atom stereocenters. The van der Waals surface area contributed by atoms with Crippen molar-refractivity contribution in [1.82, 2.24) is 0 Å². The van der Waals surface area contributed by atoms with Gasteiger partial charge in [-0.25, -0.2) is 0 Å². The van der Waals surface area contributed by atoms with E-state index in [0.29, 0.717) is 11.9 Å². The lowest BCUT2D eigenvalue weighted by Crippen LogP contribution is -2.36. The molecule has 1 heterocycles. The van der Waals surface area contributed by atoms with Gasteiger partial charge in [-0.2, -0.15) is 0 Å². The highest BCUT2D eigenvalue weighted by atomic mass is 16.5. The second-order valence-corrected chi connectivity index (χ2v) is 6.75. The Labute approximate surface area is 124 Å². The summed E-state index contributed by atoms with van der Waals surface area (Å²) in [4.78, 5) is 12.2. The van der Waals surface area contributed by atoms with E-state index in [9.17, 15) is 4.79 Å². The molecular weight excluding hydrogens is 248 g/mol. The van der Waals surface area contributed by atoms with Crippen molar-refractivity contribution in [3.63, 3.8) is 0 Å². The molecule has 20 heavy (non-hydrogen) atoms. The number of rotatable bonds is 6. The molecular formula is C18H32O2. The third-order valence-electron chi connectivity index (χ3n) is 5.06. The van der Waals surface area contributed by atoms with Crippen molar-refractivity contribution >= 4 is 5.78 Å². The van der Waals surface area contributed by atoms with E-state index in [-0.39, 0.29) is 12.0 Å². The number of ether oxygens (including phenoxy) is 1. The topological polar surface area (TPSA) is 26.3 Å². The van der Waals surface area contributed by atoms with Crippen LogP contribution in [0.3, 0.4) is 0 Å².